The van der Waals surface area contributed by atoms with Crippen LogP contribution in [0.4, 0.5) is 0 Å². The van der Waals surface area contributed by atoms with Gasteiger partial charge in [-0.15, -0.1) is 0 Å². The zero-order chi connectivity index (χ0) is 11.0. The van der Waals surface area contributed by atoms with Crippen molar-refractivity contribution in [2.24, 2.45) is 0 Å². The van der Waals surface area contributed by atoms with E-state index in [0.717, 1.165) is 5.56 Å². The first-order chi connectivity index (χ1) is 7.13. The van der Waals surface area contributed by atoms with Gasteiger partial charge in [-0.3, -0.25) is 4.40 Å². The summed E-state index contributed by atoms with van der Waals surface area (Å²) >= 11 is 0. The molecule has 0 aliphatic heterocycles. The van der Waals surface area contributed by atoms with Crippen molar-refractivity contribution in [1.82, 2.24) is 9.38 Å². The van der Waals surface area contributed by atoms with Gasteiger partial charge in [0, 0.05) is 6.20 Å². The predicted molar refractivity (Wildman–Crippen MR) is 53.4 cm³/mol. The fraction of sp³-hybridized carbons (Fsp3) is 0.200. The van der Waals surface area contributed by atoms with E-state index in [0.29, 0.717) is 5.65 Å². The molecule has 1 N–H and O–H groups in total. The Hall–Kier alpha value is -2.04. The number of carboxylic acids is 1. The van der Waals surface area contributed by atoms with E-state index in [2.05, 4.69) is 4.98 Å². The Labute approximate surface area is 85.9 Å². The molecule has 15 heavy (non-hydrogen) atoms. The maximum Gasteiger partial charge on any atom is 0.358 e. The third-order valence-electron chi connectivity index (χ3n) is 2.13. The van der Waals surface area contributed by atoms with Crippen LogP contribution in [0.3, 0.4) is 0 Å². The number of aromatic carboxylic acids is 1. The normalized spacial score (nSPS) is 10.5. The van der Waals surface area contributed by atoms with Gasteiger partial charge in [0.05, 0.1) is 7.11 Å². The van der Waals surface area contributed by atoms with E-state index in [9.17, 15) is 4.79 Å². The Morgan fingerprint density at radius 2 is 2.27 bits per heavy atom. The van der Waals surface area contributed by atoms with Gasteiger partial charge < -0.3 is 9.84 Å². The number of carboxylic acid groups (broad SMARTS) is 1. The van der Waals surface area contributed by atoms with Gasteiger partial charge >= 0.3 is 5.97 Å². The highest BCUT2D eigenvalue weighted by Crippen LogP contribution is 2.20. The Bertz CT molecular complexity index is 531. The van der Waals surface area contributed by atoms with Crippen LogP contribution in [0, 0.1) is 6.92 Å². The predicted octanol–water partition coefficient (Wildman–Crippen LogP) is 1.35. The molecule has 0 aliphatic carbocycles. The summed E-state index contributed by atoms with van der Waals surface area (Å²) in [5, 5.41) is 9.03. The van der Waals surface area contributed by atoms with Gasteiger partial charge in [0.1, 0.15) is 5.65 Å². The van der Waals surface area contributed by atoms with Crippen LogP contribution in [0.25, 0.3) is 5.65 Å². The molecule has 0 saturated carbocycles. The molecule has 0 aliphatic rings. The van der Waals surface area contributed by atoms with E-state index in [1.807, 2.05) is 13.0 Å². The van der Waals surface area contributed by atoms with Crippen molar-refractivity contribution >= 4 is 11.6 Å². The molecule has 0 fully saturated rings. The van der Waals surface area contributed by atoms with Crippen molar-refractivity contribution < 1.29 is 14.6 Å². The molecule has 0 spiro atoms. The van der Waals surface area contributed by atoms with Gasteiger partial charge in [0.2, 0.25) is 5.88 Å². The topological polar surface area (TPSA) is 63.8 Å². The first-order valence-corrected chi connectivity index (χ1v) is 4.39. The number of imidazole rings is 1. The van der Waals surface area contributed by atoms with Crippen LogP contribution in [0.1, 0.15) is 16.1 Å². The molecule has 0 bridgehead atoms. The molecule has 0 saturated heterocycles. The van der Waals surface area contributed by atoms with Crippen molar-refractivity contribution in [3.05, 3.63) is 29.6 Å². The minimum absolute atomic E-state index is 0.0520. The van der Waals surface area contributed by atoms with Gasteiger partial charge in [0.25, 0.3) is 0 Å². The van der Waals surface area contributed by atoms with Crippen molar-refractivity contribution in [2.45, 2.75) is 6.92 Å². The zero-order valence-corrected chi connectivity index (χ0v) is 8.39. The summed E-state index contributed by atoms with van der Waals surface area (Å²) in [6, 6.07) is 3.62. The number of pyridine rings is 1. The van der Waals surface area contributed by atoms with Gasteiger partial charge in [-0.2, -0.15) is 4.98 Å². The number of ether oxygens (including phenoxy) is 1. The van der Waals surface area contributed by atoms with Crippen molar-refractivity contribution in [2.75, 3.05) is 7.11 Å². The minimum Gasteiger partial charge on any atom is -0.479 e. The molecular formula is C10H10N2O3. The summed E-state index contributed by atoms with van der Waals surface area (Å²) in [6.45, 7) is 1.89. The van der Waals surface area contributed by atoms with E-state index in [4.69, 9.17) is 9.84 Å². The zero-order valence-electron chi connectivity index (χ0n) is 8.39. The monoisotopic (exact) mass is 206 g/mol. The number of methoxy groups -OCH3 is 1. The Kier molecular flexibility index (Phi) is 2.07. The van der Waals surface area contributed by atoms with Crippen molar-refractivity contribution in [3.63, 3.8) is 0 Å². The molecule has 2 rings (SSSR count). The SMILES string of the molecule is COc1nc2ccc(C)cn2c1C(=O)O. The molecule has 0 amide bonds. The van der Waals surface area contributed by atoms with Crippen molar-refractivity contribution in [1.29, 1.82) is 0 Å². The summed E-state index contributed by atoms with van der Waals surface area (Å²) in [6.07, 6.45) is 1.72. The molecule has 0 unspecified atom stereocenters. The Morgan fingerprint density at radius 3 is 2.87 bits per heavy atom. The second-order valence-electron chi connectivity index (χ2n) is 3.21. The first kappa shape index (κ1) is 9.51. The smallest absolute Gasteiger partial charge is 0.358 e. The van der Waals surface area contributed by atoms with Crippen LogP contribution >= 0.6 is 0 Å². The number of rotatable bonds is 2. The molecule has 2 aromatic rings. The summed E-state index contributed by atoms with van der Waals surface area (Å²) in [5.74, 6) is -0.918. The van der Waals surface area contributed by atoms with Crippen LogP contribution in [0.2, 0.25) is 0 Å². The van der Waals surface area contributed by atoms with E-state index < -0.39 is 5.97 Å². The van der Waals surface area contributed by atoms with Crippen LogP contribution < -0.4 is 4.74 Å². The molecule has 5 heteroatoms. The van der Waals surface area contributed by atoms with E-state index in [1.54, 1.807) is 12.3 Å². The highest BCUT2D eigenvalue weighted by atomic mass is 16.5. The second-order valence-corrected chi connectivity index (χ2v) is 3.21. The second kappa shape index (κ2) is 3.27. The van der Waals surface area contributed by atoms with Gasteiger partial charge in [0.15, 0.2) is 5.69 Å². The largest absolute Gasteiger partial charge is 0.479 e. The summed E-state index contributed by atoms with van der Waals surface area (Å²) in [4.78, 5) is 15.1. The third-order valence-corrected chi connectivity index (χ3v) is 2.13. The average molecular weight is 206 g/mol. The molecule has 0 atom stereocenters. The van der Waals surface area contributed by atoms with Crippen LogP contribution in [-0.2, 0) is 0 Å². The number of hydrogen-bond donors (Lipinski definition) is 1. The molecule has 2 heterocycles. The van der Waals surface area contributed by atoms with Crippen LogP contribution in [0.5, 0.6) is 5.88 Å². The number of fused-ring (bicyclic) bond motifs is 1. The summed E-state index contributed by atoms with van der Waals surface area (Å²) in [5.41, 5.74) is 1.58. The van der Waals surface area contributed by atoms with Crippen LogP contribution in [-0.4, -0.2) is 27.6 Å². The number of aromatic nitrogens is 2. The van der Waals surface area contributed by atoms with E-state index >= 15 is 0 Å². The molecular weight excluding hydrogens is 196 g/mol. The third kappa shape index (κ3) is 1.41. The van der Waals surface area contributed by atoms with Gasteiger partial charge in [-0.05, 0) is 18.6 Å². The van der Waals surface area contributed by atoms with Crippen molar-refractivity contribution in [3.8, 4) is 5.88 Å². The number of aryl methyl sites for hydroxylation is 1. The lowest BCUT2D eigenvalue weighted by Gasteiger charge is -1.98. The highest BCUT2D eigenvalue weighted by Gasteiger charge is 2.18. The molecule has 2 aromatic heterocycles. The number of carbonyl (C=O) groups is 1. The fourth-order valence-electron chi connectivity index (χ4n) is 1.47. The molecule has 0 aromatic carbocycles. The van der Waals surface area contributed by atoms with Gasteiger partial charge in [-0.25, -0.2) is 4.79 Å². The van der Waals surface area contributed by atoms with E-state index in [-0.39, 0.29) is 11.6 Å². The summed E-state index contributed by atoms with van der Waals surface area (Å²) < 4.78 is 6.43. The number of hydrogen-bond acceptors (Lipinski definition) is 3. The Morgan fingerprint density at radius 1 is 1.53 bits per heavy atom. The Balaban J connectivity index is 2.82. The lowest BCUT2D eigenvalue weighted by Crippen LogP contribution is -2.03. The van der Waals surface area contributed by atoms with Crippen LogP contribution in [0.15, 0.2) is 18.3 Å². The fourth-order valence-corrected chi connectivity index (χ4v) is 1.47. The molecule has 0 radical (unpaired) electrons. The maximum absolute atomic E-state index is 11.0. The summed E-state index contributed by atoms with van der Waals surface area (Å²) in [7, 11) is 1.40. The lowest BCUT2D eigenvalue weighted by atomic mass is 10.3. The van der Waals surface area contributed by atoms with Gasteiger partial charge in [-0.1, -0.05) is 6.07 Å². The average Bonchev–Trinajstić information content (AvgIpc) is 2.55. The molecule has 5 nitrogen and oxygen atoms in total. The maximum atomic E-state index is 11.0. The number of nitrogens with zero attached hydrogens (tertiary/aromatic N) is 2. The minimum atomic E-state index is -1.05. The van der Waals surface area contributed by atoms with E-state index in [1.165, 1.54) is 11.5 Å². The molecule has 78 valence electrons. The quantitative estimate of drug-likeness (QED) is 0.805. The first-order valence-electron chi connectivity index (χ1n) is 4.39. The lowest BCUT2D eigenvalue weighted by molar-refractivity contribution is 0.0685. The highest BCUT2D eigenvalue weighted by molar-refractivity contribution is 5.89. The standard InChI is InChI=1S/C10H10N2O3/c1-6-3-4-7-11-9(15-2)8(10(13)14)12(7)5-6/h3-5H,1-2H3,(H,13,14).